The second-order valence-electron chi connectivity index (χ2n) is 5.80. The fraction of sp³-hybridized carbons (Fsp3) is 0.429. The molecule has 1 aromatic rings. The van der Waals surface area contributed by atoms with Gasteiger partial charge in [0.2, 0.25) is 0 Å². The minimum atomic E-state index is -1.06. The van der Waals surface area contributed by atoms with E-state index in [1.807, 2.05) is 0 Å². The lowest BCUT2D eigenvalue weighted by atomic mass is 10.1. The van der Waals surface area contributed by atoms with Crippen LogP contribution in [0.1, 0.15) is 26.3 Å². The number of anilines is 2. The topological polar surface area (TPSA) is 92.9 Å². The number of rotatable bonds is 1. The molecule has 1 amide bonds. The van der Waals surface area contributed by atoms with E-state index in [0.29, 0.717) is 11.4 Å². The van der Waals surface area contributed by atoms with Crippen LogP contribution >= 0.6 is 0 Å². The van der Waals surface area contributed by atoms with Crippen LogP contribution in [0.3, 0.4) is 0 Å². The molecular weight excluding hydrogens is 260 g/mol. The normalized spacial score (nSPS) is 17.8. The number of hydrogen-bond donors (Lipinski definition) is 2. The molecule has 2 rings (SSSR count). The Labute approximate surface area is 117 Å². The van der Waals surface area contributed by atoms with Crippen LogP contribution in [-0.2, 0) is 16.0 Å². The Hall–Kier alpha value is -2.24. The summed E-state index contributed by atoms with van der Waals surface area (Å²) in [5, 5.41) is 9.29. The van der Waals surface area contributed by atoms with E-state index >= 15 is 0 Å². The molecule has 1 aromatic carbocycles. The minimum Gasteiger partial charge on any atom is -0.480 e. The summed E-state index contributed by atoms with van der Waals surface area (Å²) in [6, 6.07) is 4.07. The van der Waals surface area contributed by atoms with Gasteiger partial charge in [-0.3, -0.25) is 4.90 Å². The van der Waals surface area contributed by atoms with Crippen LogP contribution in [0.2, 0.25) is 0 Å². The molecule has 3 N–H and O–H groups in total. The fourth-order valence-corrected chi connectivity index (χ4v) is 2.18. The molecular formula is C14H18N2O4. The number of nitrogen functional groups attached to an aromatic ring is 1. The standard InChI is InChI=1S/C14H18N2O4/c1-14(2,3)20-13(19)16-10-7-9(15)5-4-8(10)6-11(16)12(17)18/h4-5,7,11H,6,15H2,1-3H3,(H,17,18). The third kappa shape index (κ3) is 2.68. The number of carbonyl (C=O) groups is 2. The zero-order chi connectivity index (χ0) is 15.1. The van der Waals surface area contributed by atoms with E-state index in [9.17, 15) is 14.7 Å². The monoisotopic (exact) mass is 278 g/mol. The fourth-order valence-electron chi connectivity index (χ4n) is 2.18. The highest BCUT2D eigenvalue weighted by Gasteiger charge is 2.40. The van der Waals surface area contributed by atoms with Gasteiger partial charge in [-0.2, -0.15) is 0 Å². The van der Waals surface area contributed by atoms with Crippen LogP contribution in [0.25, 0.3) is 0 Å². The Morgan fingerprint density at radius 3 is 2.60 bits per heavy atom. The average Bonchev–Trinajstić information content (AvgIpc) is 2.65. The second kappa shape index (κ2) is 4.70. The first-order valence-corrected chi connectivity index (χ1v) is 6.32. The minimum absolute atomic E-state index is 0.254. The number of nitrogens with two attached hydrogens (primary N) is 1. The molecule has 108 valence electrons. The van der Waals surface area contributed by atoms with Gasteiger partial charge in [-0.1, -0.05) is 6.07 Å². The zero-order valence-corrected chi connectivity index (χ0v) is 11.7. The SMILES string of the molecule is CC(C)(C)OC(=O)N1c2cc(N)ccc2CC1C(=O)O. The summed E-state index contributed by atoms with van der Waals surface area (Å²) < 4.78 is 5.28. The Kier molecular flexibility index (Phi) is 3.33. The summed E-state index contributed by atoms with van der Waals surface area (Å²) in [5.41, 5.74) is 6.78. The molecule has 1 heterocycles. The Balaban J connectivity index is 2.39. The van der Waals surface area contributed by atoms with E-state index in [0.717, 1.165) is 5.56 Å². The van der Waals surface area contributed by atoms with E-state index in [4.69, 9.17) is 10.5 Å². The highest BCUT2D eigenvalue weighted by molar-refractivity contribution is 5.99. The molecule has 1 aliphatic heterocycles. The van der Waals surface area contributed by atoms with Gasteiger partial charge in [-0.15, -0.1) is 0 Å². The highest BCUT2D eigenvalue weighted by Crippen LogP contribution is 2.35. The van der Waals surface area contributed by atoms with Crippen molar-refractivity contribution in [2.24, 2.45) is 0 Å². The molecule has 20 heavy (non-hydrogen) atoms. The van der Waals surface area contributed by atoms with Gasteiger partial charge in [0, 0.05) is 12.1 Å². The number of hydrogen-bond acceptors (Lipinski definition) is 4. The van der Waals surface area contributed by atoms with E-state index < -0.39 is 23.7 Å². The summed E-state index contributed by atoms with van der Waals surface area (Å²) in [7, 11) is 0. The van der Waals surface area contributed by atoms with Crippen molar-refractivity contribution in [3.05, 3.63) is 23.8 Å². The summed E-state index contributed by atoms with van der Waals surface area (Å²) >= 11 is 0. The zero-order valence-electron chi connectivity index (χ0n) is 11.7. The largest absolute Gasteiger partial charge is 0.480 e. The molecule has 0 bridgehead atoms. The van der Waals surface area contributed by atoms with E-state index in [1.165, 1.54) is 4.90 Å². The number of fused-ring (bicyclic) bond motifs is 1. The van der Waals surface area contributed by atoms with Crippen molar-refractivity contribution in [1.29, 1.82) is 0 Å². The Bertz CT molecular complexity index is 563. The summed E-state index contributed by atoms with van der Waals surface area (Å²) in [4.78, 5) is 24.8. The summed E-state index contributed by atoms with van der Waals surface area (Å²) in [5.74, 6) is -1.06. The van der Waals surface area contributed by atoms with Crippen LogP contribution in [0, 0.1) is 0 Å². The first kappa shape index (κ1) is 14.2. The van der Waals surface area contributed by atoms with Gasteiger partial charge in [-0.05, 0) is 38.5 Å². The maximum Gasteiger partial charge on any atom is 0.415 e. The van der Waals surface area contributed by atoms with Crippen LogP contribution in [0.5, 0.6) is 0 Å². The number of carboxylic acids is 1. The maximum atomic E-state index is 12.2. The lowest BCUT2D eigenvalue weighted by Gasteiger charge is -2.27. The molecule has 0 aliphatic carbocycles. The predicted molar refractivity (Wildman–Crippen MR) is 74.7 cm³/mol. The number of amides is 1. The first-order valence-electron chi connectivity index (χ1n) is 6.32. The van der Waals surface area contributed by atoms with Gasteiger partial charge in [-0.25, -0.2) is 9.59 Å². The van der Waals surface area contributed by atoms with Gasteiger partial charge in [0.1, 0.15) is 11.6 Å². The van der Waals surface area contributed by atoms with Crippen molar-refractivity contribution in [2.45, 2.75) is 38.8 Å². The molecule has 1 aliphatic rings. The van der Waals surface area contributed by atoms with Gasteiger partial charge >= 0.3 is 12.1 Å². The van der Waals surface area contributed by atoms with Crippen LogP contribution in [0.15, 0.2) is 18.2 Å². The lowest BCUT2D eigenvalue weighted by molar-refractivity contribution is -0.138. The molecule has 0 saturated heterocycles. The molecule has 0 fully saturated rings. The second-order valence-corrected chi connectivity index (χ2v) is 5.80. The number of ether oxygens (including phenoxy) is 1. The average molecular weight is 278 g/mol. The van der Waals surface area contributed by atoms with Crippen molar-refractivity contribution >= 4 is 23.4 Å². The Morgan fingerprint density at radius 2 is 2.05 bits per heavy atom. The molecule has 0 spiro atoms. The third-order valence-corrected chi connectivity index (χ3v) is 2.97. The lowest BCUT2D eigenvalue weighted by Crippen LogP contribution is -2.45. The van der Waals surface area contributed by atoms with Crippen LogP contribution < -0.4 is 10.6 Å². The molecule has 0 aromatic heterocycles. The maximum absolute atomic E-state index is 12.2. The first-order chi connectivity index (χ1) is 9.19. The van der Waals surface area contributed by atoms with E-state index in [1.54, 1.807) is 39.0 Å². The number of aliphatic carboxylic acids is 1. The van der Waals surface area contributed by atoms with Crippen molar-refractivity contribution in [3.8, 4) is 0 Å². The van der Waals surface area contributed by atoms with Crippen LogP contribution in [0.4, 0.5) is 16.2 Å². The van der Waals surface area contributed by atoms with Crippen molar-refractivity contribution in [1.82, 2.24) is 0 Å². The Morgan fingerprint density at radius 1 is 1.40 bits per heavy atom. The van der Waals surface area contributed by atoms with Gasteiger partial charge in [0.25, 0.3) is 0 Å². The van der Waals surface area contributed by atoms with Crippen molar-refractivity contribution in [3.63, 3.8) is 0 Å². The molecule has 6 nitrogen and oxygen atoms in total. The van der Waals surface area contributed by atoms with Crippen molar-refractivity contribution in [2.75, 3.05) is 10.6 Å². The molecule has 0 radical (unpaired) electrons. The summed E-state index contributed by atoms with van der Waals surface area (Å²) in [6.45, 7) is 5.20. The number of benzene rings is 1. The third-order valence-electron chi connectivity index (χ3n) is 2.97. The molecule has 0 saturated carbocycles. The molecule has 1 unspecified atom stereocenters. The smallest absolute Gasteiger partial charge is 0.415 e. The van der Waals surface area contributed by atoms with Gasteiger partial charge < -0.3 is 15.6 Å². The van der Waals surface area contributed by atoms with E-state index in [2.05, 4.69) is 0 Å². The number of carboxylic acid groups (broad SMARTS) is 1. The highest BCUT2D eigenvalue weighted by atomic mass is 16.6. The number of carbonyl (C=O) groups excluding carboxylic acids is 1. The van der Waals surface area contributed by atoms with Crippen molar-refractivity contribution < 1.29 is 19.4 Å². The molecule has 1 atom stereocenters. The quantitative estimate of drug-likeness (QED) is 0.767. The van der Waals surface area contributed by atoms with Crippen LogP contribution in [-0.4, -0.2) is 28.8 Å². The summed E-state index contributed by atoms with van der Waals surface area (Å²) in [6.07, 6.45) is -0.418. The number of nitrogens with zero attached hydrogens (tertiary/aromatic N) is 1. The van der Waals surface area contributed by atoms with Gasteiger partial charge in [0.05, 0.1) is 5.69 Å². The molecule has 6 heteroatoms. The van der Waals surface area contributed by atoms with E-state index in [-0.39, 0.29) is 6.42 Å². The van der Waals surface area contributed by atoms with Gasteiger partial charge in [0.15, 0.2) is 0 Å². The predicted octanol–water partition coefficient (Wildman–Crippen LogP) is 2.02.